The molecule has 0 fully saturated rings. The highest BCUT2D eigenvalue weighted by Gasteiger charge is 2.24. The lowest BCUT2D eigenvalue weighted by Gasteiger charge is -2.23. The fourth-order valence-corrected chi connectivity index (χ4v) is 4.67. The zero-order valence-corrected chi connectivity index (χ0v) is 18.9. The molecule has 158 valence electrons. The molecule has 0 bridgehead atoms. The third kappa shape index (κ3) is 4.11. The number of aromatic nitrogens is 1. The minimum absolute atomic E-state index is 0.327. The highest BCUT2D eigenvalue weighted by Crippen LogP contribution is 2.39. The van der Waals surface area contributed by atoms with Crippen molar-refractivity contribution in [3.05, 3.63) is 74.4 Å². The van der Waals surface area contributed by atoms with Crippen LogP contribution in [0.3, 0.4) is 0 Å². The monoisotopic (exact) mass is 431 g/mol. The highest BCUT2D eigenvalue weighted by molar-refractivity contribution is 6.30. The number of ether oxygens (including phenoxy) is 1. The van der Waals surface area contributed by atoms with Crippen molar-refractivity contribution in [3.8, 4) is 22.9 Å². The molecule has 0 spiro atoms. The summed E-state index contributed by atoms with van der Waals surface area (Å²) >= 11 is 6.07. The summed E-state index contributed by atoms with van der Waals surface area (Å²) in [4.78, 5) is 4.56. The number of hydrogen-bond acceptors (Lipinski definition) is 4. The molecule has 4 nitrogen and oxygen atoms in total. The smallest absolute Gasteiger partial charge is 0.142 e. The maximum Gasteiger partial charge on any atom is 0.142 e. The van der Waals surface area contributed by atoms with E-state index in [2.05, 4.69) is 37.0 Å². The lowest BCUT2D eigenvalue weighted by Crippen LogP contribution is -2.12. The van der Waals surface area contributed by atoms with E-state index < -0.39 is 0 Å². The van der Waals surface area contributed by atoms with E-state index in [1.807, 2.05) is 25.1 Å². The fraction of sp³-hybridized carbons (Fsp3) is 0.308. The summed E-state index contributed by atoms with van der Waals surface area (Å²) in [5, 5.41) is 10.6. The SMILES string of the molecule is Cc1cc(COc2ccc(Cl)cc2C)c(C)c(-c2c(C#N)c(N)nc3c2CCCC3)c1. The Morgan fingerprint density at radius 2 is 1.90 bits per heavy atom. The minimum Gasteiger partial charge on any atom is -0.489 e. The number of nitriles is 1. The van der Waals surface area contributed by atoms with Crippen LogP contribution >= 0.6 is 11.6 Å². The number of fused-ring (bicyclic) bond motifs is 1. The van der Waals surface area contributed by atoms with Gasteiger partial charge in [-0.3, -0.25) is 0 Å². The second-order valence-electron chi connectivity index (χ2n) is 8.29. The third-order valence-electron chi connectivity index (χ3n) is 6.06. The molecule has 0 saturated carbocycles. The van der Waals surface area contributed by atoms with E-state index in [0.29, 0.717) is 23.0 Å². The van der Waals surface area contributed by atoms with Gasteiger partial charge in [-0.15, -0.1) is 0 Å². The van der Waals surface area contributed by atoms with E-state index in [4.69, 9.17) is 22.1 Å². The Balaban J connectivity index is 1.80. The molecule has 3 aromatic rings. The lowest BCUT2D eigenvalue weighted by atomic mass is 9.84. The summed E-state index contributed by atoms with van der Waals surface area (Å²) in [5.74, 6) is 1.14. The van der Waals surface area contributed by atoms with E-state index in [-0.39, 0.29) is 0 Å². The van der Waals surface area contributed by atoms with Gasteiger partial charge >= 0.3 is 0 Å². The highest BCUT2D eigenvalue weighted by atomic mass is 35.5. The molecule has 31 heavy (non-hydrogen) atoms. The maximum absolute atomic E-state index is 9.89. The average Bonchev–Trinajstić information content (AvgIpc) is 2.74. The summed E-state index contributed by atoms with van der Waals surface area (Å²) in [5.41, 5.74) is 15.2. The Morgan fingerprint density at radius 1 is 1.13 bits per heavy atom. The van der Waals surface area contributed by atoms with Crippen molar-refractivity contribution in [1.29, 1.82) is 5.26 Å². The average molecular weight is 432 g/mol. The van der Waals surface area contributed by atoms with Gasteiger partial charge in [0.15, 0.2) is 0 Å². The Labute approximate surface area is 188 Å². The molecule has 0 unspecified atom stereocenters. The van der Waals surface area contributed by atoms with Crippen molar-refractivity contribution in [2.45, 2.75) is 53.1 Å². The molecule has 5 heteroatoms. The second-order valence-corrected chi connectivity index (χ2v) is 8.72. The topological polar surface area (TPSA) is 71.9 Å². The third-order valence-corrected chi connectivity index (χ3v) is 6.30. The number of nitrogen functional groups attached to an aromatic ring is 1. The van der Waals surface area contributed by atoms with Crippen LogP contribution in [0.2, 0.25) is 5.02 Å². The Bertz CT molecular complexity index is 1210. The molecule has 1 aliphatic carbocycles. The van der Waals surface area contributed by atoms with Crippen molar-refractivity contribution in [2.24, 2.45) is 0 Å². The Kier molecular flexibility index (Phi) is 5.89. The number of pyridine rings is 1. The van der Waals surface area contributed by atoms with Crippen LogP contribution in [0.1, 0.15) is 51.9 Å². The predicted molar refractivity (Wildman–Crippen MR) is 125 cm³/mol. The van der Waals surface area contributed by atoms with Crippen LogP contribution in [-0.4, -0.2) is 4.98 Å². The van der Waals surface area contributed by atoms with Crippen LogP contribution < -0.4 is 10.5 Å². The van der Waals surface area contributed by atoms with Gasteiger partial charge < -0.3 is 10.5 Å². The minimum atomic E-state index is 0.327. The molecule has 0 amide bonds. The van der Waals surface area contributed by atoms with Crippen LogP contribution in [0.4, 0.5) is 5.82 Å². The molecule has 0 radical (unpaired) electrons. The van der Waals surface area contributed by atoms with E-state index in [9.17, 15) is 5.26 Å². The van der Waals surface area contributed by atoms with Gasteiger partial charge in [-0.05, 0) is 92.5 Å². The molecule has 4 rings (SSSR count). The molecular weight excluding hydrogens is 406 g/mol. The number of nitrogens with zero attached hydrogens (tertiary/aromatic N) is 2. The van der Waals surface area contributed by atoms with E-state index in [1.54, 1.807) is 0 Å². The van der Waals surface area contributed by atoms with Crippen molar-refractivity contribution in [3.63, 3.8) is 0 Å². The maximum atomic E-state index is 9.89. The lowest BCUT2D eigenvalue weighted by molar-refractivity contribution is 0.303. The Hall–Kier alpha value is -3.03. The fourth-order valence-electron chi connectivity index (χ4n) is 4.45. The van der Waals surface area contributed by atoms with Crippen molar-refractivity contribution < 1.29 is 4.74 Å². The molecule has 2 N–H and O–H groups in total. The summed E-state index contributed by atoms with van der Waals surface area (Å²) in [6.45, 7) is 6.59. The molecule has 1 heterocycles. The van der Waals surface area contributed by atoms with Gasteiger partial charge in [0.1, 0.15) is 29.8 Å². The van der Waals surface area contributed by atoms with Crippen LogP contribution in [-0.2, 0) is 19.4 Å². The summed E-state index contributed by atoms with van der Waals surface area (Å²) in [7, 11) is 0. The number of anilines is 1. The summed E-state index contributed by atoms with van der Waals surface area (Å²) in [6, 6.07) is 12.3. The van der Waals surface area contributed by atoms with E-state index in [1.165, 1.54) is 5.56 Å². The second kappa shape index (κ2) is 8.61. The van der Waals surface area contributed by atoms with Crippen molar-refractivity contribution >= 4 is 17.4 Å². The molecule has 0 aliphatic heterocycles. The first-order valence-corrected chi connectivity index (χ1v) is 11.0. The van der Waals surface area contributed by atoms with Gasteiger partial charge in [-0.25, -0.2) is 4.98 Å². The first kappa shape index (κ1) is 21.2. The molecule has 0 saturated heterocycles. The molecule has 1 aromatic heterocycles. The molecule has 0 atom stereocenters. The normalized spacial score (nSPS) is 12.9. The van der Waals surface area contributed by atoms with Crippen molar-refractivity contribution in [2.75, 3.05) is 5.73 Å². The number of aryl methyl sites for hydroxylation is 3. The van der Waals surface area contributed by atoms with Crippen LogP contribution in [0.25, 0.3) is 11.1 Å². The van der Waals surface area contributed by atoms with Crippen LogP contribution in [0.5, 0.6) is 5.75 Å². The zero-order chi connectivity index (χ0) is 22.1. The summed E-state index contributed by atoms with van der Waals surface area (Å²) < 4.78 is 6.14. The van der Waals surface area contributed by atoms with Crippen molar-refractivity contribution in [1.82, 2.24) is 4.98 Å². The number of rotatable bonds is 4. The van der Waals surface area contributed by atoms with Crippen LogP contribution in [0, 0.1) is 32.1 Å². The number of nitrogens with two attached hydrogens (primary N) is 1. The first-order chi connectivity index (χ1) is 14.9. The molecule has 2 aromatic carbocycles. The van der Waals surface area contributed by atoms with E-state index in [0.717, 1.165) is 70.5 Å². The largest absolute Gasteiger partial charge is 0.489 e. The van der Waals surface area contributed by atoms with Gasteiger partial charge in [-0.2, -0.15) is 5.26 Å². The predicted octanol–water partition coefficient (Wildman–Crippen LogP) is 6.24. The van der Waals surface area contributed by atoms with Gasteiger partial charge in [-0.1, -0.05) is 29.3 Å². The number of hydrogen-bond donors (Lipinski definition) is 1. The van der Waals surface area contributed by atoms with Gasteiger partial charge in [0, 0.05) is 16.3 Å². The summed E-state index contributed by atoms with van der Waals surface area (Å²) in [6.07, 6.45) is 4.05. The standard InChI is InChI=1S/C26H26ClN3O/c1-15-10-18(14-31-24-9-8-19(27)12-16(24)2)17(3)21(11-15)25-20-6-4-5-7-23(20)30-26(29)22(25)13-28/h8-12H,4-7,14H2,1-3H3,(H2,29,30). The molecule has 1 aliphatic rings. The molecular formula is C26H26ClN3O. The quantitative estimate of drug-likeness (QED) is 0.530. The number of halogens is 1. The zero-order valence-electron chi connectivity index (χ0n) is 18.2. The van der Waals surface area contributed by atoms with Gasteiger partial charge in [0.25, 0.3) is 0 Å². The van der Waals surface area contributed by atoms with E-state index >= 15 is 0 Å². The van der Waals surface area contributed by atoms with Gasteiger partial charge in [0.2, 0.25) is 0 Å². The first-order valence-electron chi connectivity index (χ1n) is 10.6. The van der Waals surface area contributed by atoms with Gasteiger partial charge in [0.05, 0.1) is 0 Å². The number of benzene rings is 2. The Morgan fingerprint density at radius 3 is 2.65 bits per heavy atom. The van der Waals surface area contributed by atoms with Crippen LogP contribution in [0.15, 0.2) is 30.3 Å².